The molecule has 3 aromatic rings. The lowest BCUT2D eigenvalue weighted by molar-refractivity contribution is -0.145. The summed E-state index contributed by atoms with van der Waals surface area (Å²) >= 11 is 6.40. The largest absolute Gasteiger partial charge is 0.497 e. The Kier molecular flexibility index (Phi) is 7.52. The van der Waals surface area contributed by atoms with Crippen molar-refractivity contribution in [1.82, 2.24) is 9.78 Å². The fourth-order valence-corrected chi connectivity index (χ4v) is 3.93. The van der Waals surface area contributed by atoms with E-state index in [1.54, 1.807) is 14.0 Å². The summed E-state index contributed by atoms with van der Waals surface area (Å²) in [4.78, 5) is 12.2. The molecule has 0 bridgehead atoms. The van der Waals surface area contributed by atoms with Crippen molar-refractivity contribution in [3.8, 4) is 17.0 Å². The van der Waals surface area contributed by atoms with Crippen LogP contribution in [0.5, 0.6) is 5.75 Å². The first-order valence-electron chi connectivity index (χ1n) is 10.5. The molecule has 0 saturated carbocycles. The fourth-order valence-electron chi connectivity index (χ4n) is 3.73. The van der Waals surface area contributed by atoms with Gasteiger partial charge in [0.25, 0.3) is 0 Å². The number of carbonyl (C=O) groups is 1. The van der Waals surface area contributed by atoms with Gasteiger partial charge in [0.05, 0.1) is 31.6 Å². The van der Waals surface area contributed by atoms with Crippen molar-refractivity contribution >= 4 is 17.4 Å². The van der Waals surface area contributed by atoms with Crippen molar-refractivity contribution in [1.29, 1.82) is 0 Å². The Labute approximate surface area is 188 Å². The van der Waals surface area contributed by atoms with Gasteiger partial charge in [-0.25, -0.2) is 0 Å². The molecule has 0 amide bonds. The van der Waals surface area contributed by atoms with Gasteiger partial charge in [0.2, 0.25) is 0 Å². The van der Waals surface area contributed by atoms with Crippen molar-refractivity contribution in [2.45, 2.75) is 52.4 Å². The van der Waals surface area contributed by atoms with Crippen LogP contribution in [0.4, 0.5) is 0 Å². The number of hydrogen-bond donors (Lipinski definition) is 0. The van der Waals surface area contributed by atoms with Crippen molar-refractivity contribution in [3.05, 3.63) is 70.9 Å². The molecule has 0 aliphatic heterocycles. The van der Waals surface area contributed by atoms with Gasteiger partial charge >= 0.3 is 0 Å². The van der Waals surface area contributed by atoms with Crippen LogP contribution in [-0.4, -0.2) is 28.3 Å². The minimum absolute atomic E-state index is 0.0426. The Morgan fingerprint density at radius 3 is 2.48 bits per heavy atom. The summed E-state index contributed by atoms with van der Waals surface area (Å²) in [7, 11) is 1.65. The third-order valence-corrected chi connectivity index (χ3v) is 6.12. The van der Waals surface area contributed by atoms with Crippen molar-refractivity contribution < 1.29 is 14.3 Å². The molecule has 0 unspecified atom stereocenters. The number of methoxy groups -OCH3 is 1. The first kappa shape index (κ1) is 23.0. The van der Waals surface area contributed by atoms with Gasteiger partial charge < -0.3 is 9.47 Å². The number of halogens is 1. The molecule has 0 radical (unpaired) electrons. The van der Waals surface area contributed by atoms with Crippen molar-refractivity contribution in [2.24, 2.45) is 0 Å². The molecule has 3 rings (SSSR count). The molecule has 0 spiro atoms. The van der Waals surface area contributed by atoms with Gasteiger partial charge in [-0.2, -0.15) is 5.10 Å². The van der Waals surface area contributed by atoms with Gasteiger partial charge in [0, 0.05) is 10.6 Å². The van der Waals surface area contributed by atoms with Gasteiger partial charge in [-0.1, -0.05) is 55.8 Å². The lowest BCUT2D eigenvalue weighted by Gasteiger charge is -2.28. The molecule has 0 aliphatic rings. The van der Waals surface area contributed by atoms with E-state index in [2.05, 4.69) is 0 Å². The maximum Gasteiger partial charge on any atom is 0.161 e. The van der Waals surface area contributed by atoms with Gasteiger partial charge in [-0.15, -0.1) is 0 Å². The maximum atomic E-state index is 12.2. The van der Waals surface area contributed by atoms with Crippen LogP contribution < -0.4 is 4.74 Å². The number of rotatable bonds is 10. The molecule has 0 atom stereocenters. The van der Waals surface area contributed by atoms with Gasteiger partial charge in [0.15, 0.2) is 5.78 Å². The third kappa shape index (κ3) is 5.17. The predicted molar refractivity (Wildman–Crippen MR) is 124 cm³/mol. The number of aromatic nitrogens is 2. The molecular formula is C25H29ClN2O3. The maximum absolute atomic E-state index is 12.2. The molecular weight excluding hydrogens is 412 g/mol. The molecule has 31 heavy (non-hydrogen) atoms. The topological polar surface area (TPSA) is 53.4 Å². The average Bonchev–Trinajstić information content (AvgIpc) is 3.19. The minimum atomic E-state index is -0.775. The first-order chi connectivity index (χ1) is 14.9. The van der Waals surface area contributed by atoms with E-state index in [0.717, 1.165) is 28.3 Å². The zero-order valence-corrected chi connectivity index (χ0v) is 19.3. The fraction of sp³-hybridized carbons (Fsp3) is 0.360. The van der Waals surface area contributed by atoms with Crippen LogP contribution in [0.3, 0.4) is 0 Å². The lowest BCUT2D eigenvalue weighted by Crippen LogP contribution is -2.38. The van der Waals surface area contributed by atoms with Gasteiger partial charge in [0.1, 0.15) is 11.4 Å². The van der Waals surface area contributed by atoms with Crippen LogP contribution in [0.25, 0.3) is 11.3 Å². The summed E-state index contributed by atoms with van der Waals surface area (Å²) in [6.07, 6.45) is 1.25. The van der Waals surface area contributed by atoms with E-state index in [1.165, 1.54) is 0 Å². The number of carbonyl (C=O) groups excluding carboxylic acids is 1. The van der Waals surface area contributed by atoms with Crippen LogP contribution in [-0.2, 0) is 22.7 Å². The molecule has 2 aromatic carbocycles. The second-order valence-electron chi connectivity index (χ2n) is 7.55. The zero-order valence-electron chi connectivity index (χ0n) is 18.5. The highest BCUT2D eigenvalue weighted by molar-refractivity contribution is 6.31. The van der Waals surface area contributed by atoms with Crippen LogP contribution >= 0.6 is 11.6 Å². The Bertz CT molecular complexity index is 1040. The van der Waals surface area contributed by atoms with E-state index in [9.17, 15) is 4.79 Å². The molecule has 164 valence electrons. The van der Waals surface area contributed by atoms with E-state index in [4.69, 9.17) is 26.2 Å². The van der Waals surface area contributed by atoms with E-state index in [0.29, 0.717) is 24.4 Å². The Hall–Kier alpha value is -2.63. The Balaban J connectivity index is 1.97. The molecule has 0 aliphatic carbocycles. The van der Waals surface area contributed by atoms with Crippen molar-refractivity contribution in [2.75, 3.05) is 7.11 Å². The van der Waals surface area contributed by atoms with E-state index in [1.807, 2.05) is 73.1 Å². The van der Waals surface area contributed by atoms with Gasteiger partial charge in [-0.05, 0) is 49.6 Å². The molecule has 0 N–H and O–H groups in total. The number of hydrogen-bond acceptors (Lipinski definition) is 4. The molecule has 0 saturated heterocycles. The van der Waals surface area contributed by atoms with Crippen LogP contribution in [0.2, 0.25) is 5.02 Å². The lowest BCUT2D eigenvalue weighted by atomic mass is 9.93. The zero-order chi connectivity index (χ0) is 22.4. The molecule has 1 heterocycles. The quantitative estimate of drug-likeness (QED) is 0.392. The first-order valence-corrected chi connectivity index (χ1v) is 10.9. The summed E-state index contributed by atoms with van der Waals surface area (Å²) in [5, 5.41) is 5.48. The van der Waals surface area contributed by atoms with Crippen LogP contribution in [0.15, 0.2) is 54.6 Å². The predicted octanol–water partition coefficient (Wildman–Crippen LogP) is 5.92. The molecule has 5 nitrogen and oxygen atoms in total. The van der Waals surface area contributed by atoms with E-state index in [-0.39, 0.29) is 12.4 Å². The summed E-state index contributed by atoms with van der Waals surface area (Å²) in [5.41, 5.74) is 2.87. The SMILES string of the molecule is CCC(CC)(OCc1cc(-c2cccc(OC)c2)n(Cc2ccccc2Cl)n1)C(C)=O. The highest BCUT2D eigenvalue weighted by Crippen LogP contribution is 2.28. The van der Waals surface area contributed by atoms with Gasteiger partial charge in [-0.3, -0.25) is 9.48 Å². The Morgan fingerprint density at radius 2 is 1.84 bits per heavy atom. The highest BCUT2D eigenvalue weighted by Gasteiger charge is 2.32. The van der Waals surface area contributed by atoms with Crippen LogP contribution in [0, 0.1) is 0 Å². The number of nitrogens with zero attached hydrogens (tertiary/aromatic N) is 2. The highest BCUT2D eigenvalue weighted by atomic mass is 35.5. The number of ketones is 1. The number of ether oxygens (including phenoxy) is 2. The second kappa shape index (κ2) is 10.1. The standard InChI is InChI=1S/C25H29ClN2O3/c1-5-25(6-2,18(3)29)31-17-21-15-24(19-11-9-12-22(14-19)30-4)28(27-21)16-20-10-7-8-13-23(20)26/h7-15H,5-6,16-17H2,1-4H3. The third-order valence-electron chi connectivity index (χ3n) is 5.75. The Morgan fingerprint density at radius 1 is 1.10 bits per heavy atom. The molecule has 1 aromatic heterocycles. The minimum Gasteiger partial charge on any atom is -0.497 e. The molecule has 6 heteroatoms. The van der Waals surface area contributed by atoms with E-state index >= 15 is 0 Å². The van der Waals surface area contributed by atoms with Crippen LogP contribution in [0.1, 0.15) is 44.9 Å². The average molecular weight is 441 g/mol. The monoisotopic (exact) mass is 440 g/mol. The van der Waals surface area contributed by atoms with Crippen molar-refractivity contribution in [3.63, 3.8) is 0 Å². The normalized spacial score (nSPS) is 11.5. The summed E-state index contributed by atoms with van der Waals surface area (Å²) in [6, 6.07) is 17.6. The molecule has 0 fully saturated rings. The number of Topliss-reactive ketones (excluding diaryl/α,β-unsaturated/α-hetero) is 1. The number of benzene rings is 2. The summed E-state index contributed by atoms with van der Waals surface area (Å²) < 4.78 is 13.4. The van der Waals surface area contributed by atoms with E-state index < -0.39 is 5.60 Å². The smallest absolute Gasteiger partial charge is 0.161 e. The second-order valence-corrected chi connectivity index (χ2v) is 7.96. The summed E-state index contributed by atoms with van der Waals surface area (Å²) in [6.45, 7) is 6.31. The summed E-state index contributed by atoms with van der Waals surface area (Å²) in [5.74, 6) is 0.814.